The fourth-order valence-electron chi connectivity index (χ4n) is 5.11. The number of benzene rings is 2. The van der Waals surface area contributed by atoms with Crippen LogP contribution >= 0.6 is 30.5 Å². The summed E-state index contributed by atoms with van der Waals surface area (Å²) < 4.78 is 14.1. The largest absolute Gasteiger partial charge is 0.298 e. The molecule has 4 rings (SSSR count). The maximum absolute atomic E-state index is 14.1. The third-order valence-electron chi connectivity index (χ3n) is 6.55. The molecule has 0 heterocycles. The fraction of sp³-hybridized carbons (Fsp3) is 0.360. The highest BCUT2D eigenvalue weighted by Gasteiger charge is 2.42. The molecule has 158 valence electrons. The van der Waals surface area contributed by atoms with Gasteiger partial charge in [-0.3, -0.25) is 9.65 Å². The summed E-state index contributed by atoms with van der Waals surface area (Å²) in [4.78, 5) is 0. The molecule has 2 fully saturated rings. The molecule has 2 aliphatic carbocycles. The number of rotatable bonds is 7. The minimum absolute atomic E-state index is 0.138. The van der Waals surface area contributed by atoms with Crippen LogP contribution in [0.2, 0.25) is 0 Å². The molecule has 2 aromatic carbocycles. The van der Waals surface area contributed by atoms with Crippen LogP contribution in [0.15, 0.2) is 72.3 Å². The highest BCUT2D eigenvalue weighted by Crippen LogP contribution is 2.54. The third kappa shape index (κ3) is 5.11. The molecular formula is C25H28Cl2NOP. The Morgan fingerprint density at radius 1 is 0.933 bits per heavy atom. The number of nitrogens with one attached hydrogen (secondary N) is 1. The van der Waals surface area contributed by atoms with Crippen LogP contribution in [-0.2, 0) is 4.57 Å². The number of hydrogen-bond acceptors (Lipinski definition) is 1. The van der Waals surface area contributed by atoms with Crippen LogP contribution in [0.3, 0.4) is 0 Å². The van der Waals surface area contributed by atoms with E-state index >= 15 is 0 Å². The van der Waals surface area contributed by atoms with E-state index in [1.165, 1.54) is 25.7 Å². The van der Waals surface area contributed by atoms with E-state index in [9.17, 15) is 4.57 Å². The van der Waals surface area contributed by atoms with Crippen molar-refractivity contribution in [2.45, 2.75) is 38.6 Å². The van der Waals surface area contributed by atoms with Gasteiger partial charge in [-0.2, -0.15) is 0 Å². The van der Waals surface area contributed by atoms with Crippen molar-refractivity contribution in [1.29, 1.82) is 0 Å². The third-order valence-corrected chi connectivity index (χ3v) is 9.60. The molecule has 2 nitrogen and oxygen atoms in total. The van der Waals surface area contributed by atoms with Gasteiger partial charge in [0.05, 0.1) is 10.1 Å². The fourth-order valence-corrected chi connectivity index (χ4v) is 8.26. The maximum atomic E-state index is 14.1. The first-order valence-electron chi connectivity index (χ1n) is 10.7. The summed E-state index contributed by atoms with van der Waals surface area (Å²) >= 11 is 13.2. The van der Waals surface area contributed by atoms with E-state index in [1.807, 2.05) is 60.7 Å². The van der Waals surface area contributed by atoms with Gasteiger partial charge in [0.25, 0.3) is 0 Å². The van der Waals surface area contributed by atoms with Gasteiger partial charge in [-0.15, -0.1) is 0 Å². The Labute approximate surface area is 189 Å². The van der Waals surface area contributed by atoms with Crippen LogP contribution in [0.5, 0.6) is 0 Å². The van der Waals surface area contributed by atoms with Crippen molar-refractivity contribution in [1.82, 2.24) is 5.09 Å². The smallest absolute Gasteiger partial charge is 0.193 e. The standard InChI is InChI=1S/C25H28Cl2NOP/c1-18(23-15-19-12-13-22(23)14-19)28-30(29,16-24(26)20-8-4-2-5-9-20)17-25(27)21-10-6-3-7-11-21/h2-11,16-19,22-23H,12-15H2,1H3,(H,28,29)/b24-16-,25-17-/t18-,19+,22+,23-/m1/s1. The predicted octanol–water partition coefficient (Wildman–Crippen LogP) is 8.15. The van der Waals surface area contributed by atoms with Gasteiger partial charge in [-0.25, -0.2) is 0 Å². The van der Waals surface area contributed by atoms with E-state index < -0.39 is 7.29 Å². The lowest BCUT2D eigenvalue weighted by Crippen LogP contribution is -2.33. The van der Waals surface area contributed by atoms with Gasteiger partial charge in [0, 0.05) is 17.7 Å². The second-order valence-corrected chi connectivity index (χ2v) is 11.7. The highest BCUT2D eigenvalue weighted by atomic mass is 35.5. The van der Waals surface area contributed by atoms with E-state index in [4.69, 9.17) is 23.2 Å². The lowest BCUT2D eigenvalue weighted by Gasteiger charge is -2.30. The van der Waals surface area contributed by atoms with Crippen LogP contribution < -0.4 is 5.09 Å². The van der Waals surface area contributed by atoms with Crippen molar-refractivity contribution in [3.63, 3.8) is 0 Å². The van der Waals surface area contributed by atoms with E-state index in [0.29, 0.717) is 16.0 Å². The topological polar surface area (TPSA) is 29.1 Å². The second kappa shape index (κ2) is 9.45. The quantitative estimate of drug-likeness (QED) is 0.423. The minimum Gasteiger partial charge on any atom is -0.298 e. The molecule has 0 amide bonds. The predicted molar refractivity (Wildman–Crippen MR) is 130 cm³/mol. The van der Waals surface area contributed by atoms with Crippen molar-refractivity contribution in [2.75, 3.05) is 0 Å². The first-order chi connectivity index (χ1) is 14.4. The van der Waals surface area contributed by atoms with E-state index in [0.717, 1.165) is 23.0 Å². The summed E-state index contributed by atoms with van der Waals surface area (Å²) in [6, 6.07) is 19.4. The second-order valence-electron chi connectivity index (χ2n) is 8.65. The van der Waals surface area contributed by atoms with Gasteiger partial charge in [0.2, 0.25) is 0 Å². The number of fused-ring (bicyclic) bond motifs is 2. The average Bonchev–Trinajstić information content (AvgIpc) is 3.38. The van der Waals surface area contributed by atoms with Crippen LogP contribution in [0, 0.1) is 17.8 Å². The zero-order valence-corrected chi connectivity index (χ0v) is 19.6. The molecule has 2 saturated carbocycles. The molecule has 4 atom stereocenters. The average molecular weight is 460 g/mol. The molecule has 0 aliphatic heterocycles. The number of hydrogen-bond donors (Lipinski definition) is 1. The molecule has 0 aromatic heterocycles. The molecular weight excluding hydrogens is 432 g/mol. The van der Waals surface area contributed by atoms with E-state index in [-0.39, 0.29) is 6.04 Å². The molecule has 30 heavy (non-hydrogen) atoms. The van der Waals surface area contributed by atoms with Crippen LogP contribution in [-0.4, -0.2) is 6.04 Å². The Morgan fingerprint density at radius 3 is 1.90 bits per heavy atom. The molecule has 0 radical (unpaired) electrons. The van der Waals surface area contributed by atoms with Gasteiger partial charge in [0.1, 0.15) is 0 Å². The van der Waals surface area contributed by atoms with Crippen LogP contribution in [0.25, 0.3) is 10.1 Å². The summed E-state index contributed by atoms with van der Waals surface area (Å²) in [5.41, 5.74) is 1.69. The first-order valence-corrected chi connectivity index (χ1v) is 13.3. The van der Waals surface area contributed by atoms with Crippen molar-refractivity contribution in [3.8, 4) is 0 Å². The Hall–Kier alpha value is -1.31. The van der Waals surface area contributed by atoms with Gasteiger partial charge in [0.15, 0.2) is 7.29 Å². The van der Waals surface area contributed by atoms with Gasteiger partial charge in [-0.05, 0) is 55.1 Å². The Balaban J connectivity index is 1.64. The number of halogens is 2. The van der Waals surface area contributed by atoms with Gasteiger partial charge < -0.3 is 0 Å². The summed E-state index contributed by atoms with van der Waals surface area (Å²) in [5, 5.41) is 4.40. The van der Waals surface area contributed by atoms with Crippen molar-refractivity contribution in [2.24, 2.45) is 17.8 Å². The Kier molecular flexibility index (Phi) is 6.90. The lowest BCUT2D eigenvalue weighted by molar-refractivity contribution is 0.280. The summed E-state index contributed by atoms with van der Waals surface area (Å²) in [6.07, 6.45) is 5.20. The monoisotopic (exact) mass is 459 g/mol. The lowest BCUT2D eigenvalue weighted by atomic mass is 9.84. The molecule has 0 unspecified atom stereocenters. The molecule has 2 aromatic rings. The van der Waals surface area contributed by atoms with Crippen LogP contribution in [0.1, 0.15) is 43.7 Å². The normalized spacial score (nSPS) is 25.5. The summed E-state index contributed by atoms with van der Waals surface area (Å²) in [5.74, 6) is 5.48. The summed E-state index contributed by atoms with van der Waals surface area (Å²) in [7, 11) is -3.13. The summed E-state index contributed by atoms with van der Waals surface area (Å²) in [6.45, 7) is 2.16. The molecule has 1 N–H and O–H groups in total. The molecule has 0 saturated heterocycles. The van der Waals surface area contributed by atoms with Crippen molar-refractivity contribution < 1.29 is 4.57 Å². The molecule has 0 spiro atoms. The minimum atomic E-state index is -3.13. The van der Waals surface area contributed by atoms with Crippen molar-refractivity contribution in [3.05, 3.63) is 83.4 Å². The van der Waals surface area contributed by atoms with Crippen LogP contribution in [0.4, 0.5) is 0 Å². The zero-order chi connectivity index (χ0) is 21.1. The molecule has 5 heteroatoms. The first kappa shape index (κ1) is 21.9. The Morgan fingerprint density at radius 2 is 1.47 bits per heavy atom. The maximum Gasteiger partial charge on any atom is 0.193 e. The van der Waals surface area contributed by atoms with Gasteiger partial charge in [-0.1, -0.05) is 90.3 Å². The van der Waals surface area contributed by atoms with E-state index in [2.05, 4.69) is 12.0 Å². The highest BCUT2D eigenvalue weighted by molar-refractivity contribution is 7.68. The molecule has 2 aliphatic rings. The van der Waals surface area contributed by atoms with Gasteiger partial charge >= 0.3 is 0 Å². The SMILES string of the molecule is C[C@@H](NP(=O)(/C=C(\Cl)c1ccccc1)/C=C(\Cl)c1ccccc1)[C@H]1C[C@H]2CC[C@H]1C2. The molecule has 2 bridgehead atoms. The van der Waals surface area contributed by atoms with Crippen molar-refractivity contribution >= 4 is 40.6 Å². The van der Waals surface area contributed by atoms with E-state index in [1.54, 1.807) is 11.6 Å². The zero-order valence-electron chi connectivity index (χ0n) is 17.2. The Bertz CT molecular complexity index is 914.